The number of hydrogen-bond donors (Lipinski definition) is 2. The maximum atomic E-state index is 5.27. The van der Waals surface area contributed by atoms with E-state index in [4.69, 9.17) is 5.84 Å². The summed E-state index contributed by atoms with van der Waals surface area (Å²) < 4.78 is 0. The molecular weight excluding hydrogens is 152 g/mol. The number of nitrogens with one attached hydrogen (secondary N) is 1. The van der Waals surface area contributed by atoms with E-state index in [1.54, 1.807) is 0 Å². The highest BCUT2D eigenvalue weighted by Crippen LogP contribution is 2.12. The van der Waals surface area contributed by atoms with E-state index in [1.165, 1.54) is 19.4 Å². The van der Waals surface area contributed by atoms with Gasteiger partial charge < -0.3 is 4.90 Å². The molecule has 4 nitrogen and oxygen atoms in total. The number of nitrogens with zero attached hydrogens (tertiary/aromatic N) is 2. The van der Waals surface area contributed by atoms with Crippen LogP contribution in [0, 0.1) is 0 Å². The average molecular weight is 172 g/mol. The number of likely N-dealkylation sites (tertiary alicyclic amines) is 1. The molecule has 0 aromatic heterocycles. The number of piperidine rings is 1. The molecule has 1 rings (SSSR count). The molecule has 1 aliphatic rings. The van der Waals surface area contributed by atoms with Crippen LogP contribution in [0.25, 0.3) is 0 Å². The smallest absolute Gasteiger partial charge is 0.0612 e. The van der Waals surface area contributed by atoms with Gasteiger partial charge in [-0.1, -0.05) is 0 Å². The van der Waals surface area contributed by atoms with Gasteiger partial charge in [-0.05, 0) is 33.5 Å². The van der Waals surface area contributed by atoms with Crippen LogP contribution in [0.1, 0.15) is 12.8 Å². The van der Waals surface area contributed by atoms with Crippen LogP contribution in [0.2, 0.25) is 0 Å². The minimum absolute atomic E-state index is 0.666. The fourth-order valence-corrected chi connectivity index (χ4v) is 1.77. The van der Waals surface area contributed by atoms with Crippen LogP contribution in [0.15, 0.2) is 0 Å². The van der Waals surface area contributed by atoms with Gasteiger partial charge in [-0.2, -0.15) is 0 Å². The summed E-state index contributed by atoms with van der Waals surface area (Å²) in [5.41, 5.74) is 2.69. The van der Waals surface area contributed by atoms with E-state index in [1.807, 2.05) is 0 Å². The Labute approximate surface area is 74.7 Å². The van der Waals surface area contributed by atoms with Gasteiger partial charge in [0.2, 0.25) is 0 Å². The molecule has 4 heteroatoms. The predicted octanol–water partition coefficient (Wildman–Crippen LogP) is -0.567. The minimum atomic E-state index is 0.666. The van der Waals surface area contributed by atoms with Crippen LogP contribution in [0.3, 0.4) is 0 Å². The highest BCUT2D eigenvalue weighted by atomic mass is 15.3. The lowest BCUT2D eigenvalue weighted by Crippen LogP contribution is -2.48. The fourth-order valence-electron chi connectivity index (χ4n) is 1.77. The van der Waals surface area contributed by atoms with Crippen LogP contribution in [-0.2, 0) is 0 Å². The summed E-state index contributed by atoms with van der Waals surface area (Å²) >= 11 is 0. The van der Waals surface area contributed by atoms with E-state index in [9.17, 15) is 0 Å². The lowest BCUT2D eigenvalue weighted by Gasteiger charge is -2.35. The van der Waals surface area contributed by atoms with Crippen molar-refractivity contribution in [2.75, 3.05) is 33.9 Å². The number of likely N-dealkylation sites (N-methyl/N-ethyl adjacent to an activating group) is 2. The molecule has 0 spiro atoms. The lowest BCUT2D eigenvalue weighted by atomic mass is 10.1. The highest BCUT2D eigenvalue weighted by molar-refractivity contribution is 4.76. The van der Waals surface area contributed by atoms with Crippen molar-refractivity contribution >= 4 is 0 Å². The average Bonchev–Trinajstić information content (AvgIpc) is 2.05. The summed E-state index contributed by atoms with van der Waals surface area (Å²) in [5, 5.41) is 0. The largest absolute Gasteiger partial charge is 0.305 e. The Hall–Kier alpha value is -0.160. The molecule has 0 aromatic carbocycles. The monoisotopic (exact) mass is 172 g/mol. The second-order valence-electron chi connectivity index (χ2n) is 3.68. The Morgan fingerprint density at radius 1 is 1.67 bits per heavy atom. The molecule has 3 N–H and O–H groups in total. The number of hydrogen-bond acceptors (Lipinski definition) is 4. The first kappa shape index (κ1) is 9.92. The van der Waals surface area contributed by atoms with Gasteiger partial charge >= 0.3 is 0 Å². The first-order valence-electron chi connectivity index (χ1n) is 4.56. The molecule has 0 amide bonds. The quantitative estimate of drug-likeness (QED) is 0.340. The summed E-state index contributed by atoms with van der Waals surface area (Å²) in [6.07, 6.45) is 2.60. The normalized spacial score (nSPS) is 26.5. The topological polar surface area (TPSA) is 44.5 Å². The predicted molar refractivity (Wildman–Crippen MR) is 50.5 cm³/mol. The van der Waals surface area contributed by atoms with Gasteiger partial charge in [-0.25, -0.2) is 5.43 Å². The molecule has 0 bridgehead atoms. The highest BCUT2D eigenvalue weighted by Gasteiger charge is 2.19. The van der Waals surface area contributed by atoms with Crippen LogP contribution in [0.4, 0.5) is 0 Å². The van der Waals surface area contributed by atoms with Gasteiger partial charge in [0.25, 0.3) is 0 Å². The third-order valence-electron chi connectivity index (χ3n) is 2.56. The molecule has 0 saturated carbocycles. The molecule has 72 valence electrons. The zero-order chi connectivity index (χ0) is 8.97. The van der Waals surface area contributed by atoms with E-state index in [-0.39, 0.29) is 0 Å². The first-order chi connectivity index (χ1) is 5.74. The van der Waals surface area contributed by atoms with Crippen molar-refractivity contribution in [3.8, 4) is 0 Å². The van der Waals surface area contributed by atoms with E-state index in [2.05, 4.69) is 29.3 Å². The first-order valence-corrected chi connectivity index (χ1v) is 4.56. The van der Waals surface area contributed by atoms with Crippen molar-refractivity contribution in [1.82, 2.24) is 15.2 Å². The van der Waals surface area contributed by atoms with Crippen molar-refractivity contribution in [2.24, 2.45) is 5.84 Å². The van der Waals surface area contributed by atoms with Crippen LogP contribution in [0.5, 0.6) is 0 Å². The summed E-state index contributed by atoms with van der Waals surface area (Å²) in [4.78, 5) is 4.65. The van der Waals surface area contributed by atoms with Crippen molar-refractivity contribution in [2.45, 2.75) is 18.9 Å². The maximum absolute atomic E-state index is 5.27. The van der Waals surface area contributed by atoms with Gasteiger partial charge in [-0.3, -0.25) is 10.7 Å². The second kappa shape index (κ2) is 4.77. The number of nitrogens with two attached hydrogens (primary N) is 1. The van der Waals surface area contributed by atoms with E-state index in [0.29, 0.717) is 6.04 Å². The molecule has 1 unspecified atom stereocenters. The zero-order valence-electron chi connectivity index (χ0n) is 8.08. The Morgan fingerprint density at radius 3 is 3.00 bits per heavy atom. The zero-order valence-corrected chi connectivity index (χ0v) is 8.08. The van der Waals surface area contributed by atoms with Crippen molar-refractivity contribution in [1.29, 1.82) is 0 Å². The number of rotatable bonds is 3. The van der Waals surface area contributed by atoms with Gasteiger partial charge in [0, 0.05) is 12.6 Å². The molecule has 1 saturated heterocycles. The van der Waals surface area contributed by atoms with Gasteiger partial charge in [-0.15, -0.1) is 0 Å². The Bertz CT molecular complexity index is 128. The third-order valence-corrected chi connectivity index (χ3v) is 2.56. The van der Waals surface area contributed by atoms with Gasteiger partial charge in [0.1, 0.15) is 0 Å². The molecule has 0 radical (unpaired) electrons. The summed E-state index contributed by atoms with van der Waals surface area (Å²) in [7, 11) is 4.29. The summed E-state index contributed by atoms with van der Waals surface area (Å²) in [5.74, 6) is 5.27. The lowest BCUT2D eigenvalue weighted by molar-refractivity contribution is 0.128. The Kier molecular flexibility index (Phi) is 3.94. The summed E-state index contributed by atoms with van der Waals surface area (Å²) in [6, 6.07) is 0.666. The van der Waals surface area contributed by atoms with Crippen molar-refractivity contribution < 1.29 is 0 Å². The Morgan fingerprint density at radius 2 is 2.42 bits per heavy atom. The molecule has 0 aliphatic carbocycles. The van der Waals surface area contributed by atoms with Crippen molar-refractivity contribution in [3.63, 3.8) is 0 Å². The van der Waals surface area contributed by atoms with Crippen molar-refractivity contribution in [3.05, 3.63) is 0 Å². The number of hydrazine groups is 1. The molecule has 12 heavy (non-hydrogen) atoms. The van der Waals surface area contributed by atoms with Gasteiger partial charge in [0.15, 0.2) is 0 Å². The van der Waals surface area contributed by atoms with E-state index >= 15 is 0 Å². The van der Waals surface area contributed by atoms with E-state index in [0.717, 1.165) is 13.2 Å². The molecule has 1 atom stereocenters. The standard InChI is InChI=1S/C8H20N4/c1-11-5-3-4-8(6-11)12(2)7-10-9/h8,10H,3-7,9H2,1-2H3. The molecule has 0 aromatic rings. The molecular formula is C8H20N4. The molecule has 1 aliphatic heterocycles. The second-order valence-corrected chi connectivity index (χ2v) is 3.68. The fraction of sp³-hybridized carbons (Fsp3) is 1.00. The SMILES string of the molecule is CN1CCCC(N(C)CNN)C1. The van der Waals surface area contributed by atoms with Crippen LogP contribution < -0.4 is 11.3 Å². The Balaban J connectivity index is 2.29. The maximum Gasteiger partial charge on any atom is 0.0612 e. The summed E-state index contributed by atoms with van der Waals surface area (Å²) in [6.45, 7) is 3.18. The van der Waals surface area contributed by atoms with Crippen LogP contribution >= 0.6 is 0 Å². The molecule has 1 fully saturated rings. The minimum Gasteiger partial charge on any atom is -0.305 e. The van der Waals surface area contributed by atoms with E-state index < -0.39 is 0 Å². The third kappa shape index (κ3) is 2.71. The van der Waals surface area contributed by atoms with Gasteiger partial charge in [0.05, 0.1) is 6.67 Å². The molecule has 1 heterocycles. The van der Waals surface area contributed by atoms with Crippen LogP contribution in [-0.4, -0.2) is 49.7 Å².